The number of aryl methyl sites for hydroxylation is 1. The molecule has 0 aliphatic carbocycles. The van der Waals surface area contributed by atoms with E-state index in [4.69, 9.17) is 9.15 Å². The Morgan fingerprint density at radius 3 is 2.79 bits per heavy atom. The van der Waals surface area contributed by atoms with Gasteiger partial charge < -0.3 is 24.9 Å². The third-order valence-corrected chi connectivity index (χ3v) is 5.71. The maximum atomic E-state index is 12.6. The van der Waals surface area contributed by atoms with Crippen LogP contribution in [0.15, 0.2) is 51.7 Å². The summed E-state index contributed by atoms with van der Waals surface area (Å²) in [6.45, 7) is 2.27. The zero-order valence-corrected chi connectivity index (χ0v) is 18.5. The highest BCUT2D eigenvalue weighted by atomic mass is 16.5. The monoisotopic (exact) mass is 450 g/mol. The highest BCUT2D eigenvalue weighted by molar-refractivity contribution is 5.82. The maximum Gasteiger partial charge on any atom is 0.419 e. The van der Waals surface area contributed by atoms with Crippen LogP contribution in [0.1, 0.15) is 12.5 Å². The Balaban J connectivity index is 1.41. The standard InChI is InChI=1S/C24H26N4O5/c1-24(31)13-26-12-21(32-14-24)22(29)27-18(11-25)9-15-3-5-16(6-4-15)17-7-8-20-19(10-17)28(2)23(30)33-20/h3-8,10,18,21,26,31H,9,12-14H2,1-2H3,(H,27,29)/t18-,21?,24?/m0/s1. The highest BCUT2D eigenvalue weighted by Crippen LogP contribution is 2.24. The van der Waals surface area contributed by atoms with Crippen molar-refractivity contribution >= 4 is 17.0 Å². The quantitative estimate of drug-likeness (QED) is 0.531. The van der Waals surface area contributed by atoms with Crippen molar-refractivity contribution in [3.05, 3.63) is 58.6 Å². The SMILES string of the molecule is Cn1c(=O)oc2ccc(-c3ccc(C[C@@H](C#N)NC(=O)C4CNCC(C)(O)CO4)cc3)cc21. The Bertz CT molecular complexity index is 1250. The molecule has 2 heterocycles. The molecule has 1 aliphatic rings. The van der Waals surface area contributed by atoms with Gasteiger partial charge in [0.15, 0.2) is 5.58 Å². The second kappa shape index (κ2) is 9.19. The summed E-state index contributed by atoms with van der Waals surface area (Å²) in [7, 11) is 1.66. The molecule has 172 valence electrons. The molecule has 9 heteroatoms. The number of oxazole rings is 1. The minimum absolute atomic E-state index is 0.0372. The number of nitriles is 1. The van der Waals surface area contributed by atoms with Crippen LogP contribution in [0, 0.1) is 11.3 Å². The van der Waals surface area contributed by atoms with Crippen LogP contribution in [0.25, 0.3) is 22.2 Å². The van der Waals surface area contributed by atoms with E-state index < -0.39 is 23.5 Å². The molecule has 1 saturated heterocycles. The number of nitrogens with zero attached hydrogens (tertiary/aromatic N) is 2. The zero-order chi connectivity index (χ0) is 23.6. The molecule has 1 fully saturated rings. The van der Waals surface area contributed by atoms with Gasteiger partial charge in [-0.05, 0) is 35.7 Å². The second-order valence-electron chi connectivity index (χ2n) is 8.63. The van der Waals surface area contributed by atoms with E-state index in [0.29, 0.717) is 24.1 Å². The summed E-state index contributed by atoms with van der Waals surface area (Å²) in [6.07, 6.45) is -0.429. The number of fused-ring (bicyclic) bond motifs is 1. The van der Waals surface area contributed by atoms with Gasteiger partial charge >= 0.3 is 5.76 Å². The summed E-state index contributed by atoms with van der Waals surface area (Å²) in [5.41, 5.74) is 2.99. The van der Waals surface area contributed by atoms with E-state index >= 15 is 0 Å². The number of hydrogen-bond acceptors (Lipinski definition) is 7. The molecule has 2 aromatic carbocycles. The summed E-state index contributed by atoms with van der Waals surface area (Å²) < 4.78 is 12.2. The van der Waals surface area contributed by atoms with Crippen LogP contribution in [-0.2, 0) is 23.0 Å². The van der Waals surface area contributed by atoms with Gasteiger partial charge in [0.1, 0.15) is 12.1 Å². The summed E-state index contributed by atoms with van der Waals surface area (Å²) in [5.74, 6) is -0.792. The molecule has 9 nitrogen and oxygen atoms in total. The lowest BCUT2D eigenvalue weighted by Gasteiger charge is -2.21. The Morgan fingerprint density at radius 2 is 2.06 bits per heavy atom. The number of benzene rings is 2. The fourth-order valence-electron chi connectivity index (χ4n) is 3.80. The van der Waals surface area contributed by atoms with E-state index in [-0.39, 0.29) is 19.1 Å². The summed E-state index contributed by atoms with van der Waals surface area (Å²) in [6, 6.07) is 14.6. The molecule has 33 heavy (non-hydrogen) atoms. The number of nitrogens with one attached hydrogen (secondary N) is 2. The smallest absolute Gasteiger partial charge is 0.408 e. The largest absolute Gasteiger partial charge is 0.419 e. The van der Waals surface area contributed by atoms with Crippen molar-refractivity contribution in [2.75, 3.05) is 19.7 Å². The summed E-state index contributed by atoms with van der Waals surface area (Å²) >= 11 is 0. The fourth-order valence-corrected chi connectivity index (χ4v) is 3.80. The van der Waals surface area contributed by atoms with Gasteiger partial charge in [0.25, 0.3) is 5.91 Å². The summed E-state index contributed by atoms with van der Waals surface area (Å²) in [4.78, 5) is 24.3. The van der Waals surface area contributed by atoms with Gasteiger partial charge in [-0.15, -0.1) is 0 Å². The van der Waals surface area contributed by atoms with E-state index in [1.54, 1.807) is 20.0 Å². The molecule has 0 radical (unpaired) electrons. The van der Waals surface area contributed by atoms with Gasteiger partial charge in [-0.25, -0.2) is 4.79 Å². The van der Waals surface area contributed by atoms with Crippen LogP contribution >= 0.6 is 0 Å². The van der Waals surface area contributed by atoms with Crippen LogP contribution in [0.2, 0.25) is 0 Å². The van der Waals surface area contributed by atoms with Crippen molar-refractivity contribution < 1.29 is 19.1 Å². The number of carbonyl (C=O) groups excluding carboxylic acids is 1. The molecule has 1 aliphatic heterocycles. The van der Waals surface area contributed by atoms with Gasteiger partial charge in [0, 0.05) is 26.6 Å². The van der Waals surface area contributed by atoms with E-state index in [0.717, 1.165) is 16.7 Å². The van der Waals surface area contributed by atoms with Crippen molar-refractivity contribution in [3.8, 4) is 17.2 Å². The fraction of sp³-hybridized carbons (Fsp3) is 0.375. The van der Waals surface area contributed by atoms with Gasteiger partial charge in [-0.1, -0.05) is 30.3 Å². The molecule has 0 spiro atoms. The average molecular weight is 450 g/mol. The van der Waals surface area contributed by atoms with E-state index in [9.17, 15) is 20.0 Å². The van der Waals surface area contributed by atoms with Crippen LogP contribution in [0.3, 0.4) is 0 Å². The summed E-state index contributed by atoms with van der Waals surface area (Å²) in [5, 5.41) is 25.3. The molecule has 1 amide bonds. The predicted octanol–water partition coefficient (Wildman–Crippen LogP) is 1.09. The molecule has 0 saturated carbocycles. The van der Waals surface area contributed by atoms with Crippen LogP contribution in [-0.4, -0.2) is 53.0 Å². The first-order valence-electron chi connectivity index (χ1n) is 10.7. The second-order valence-corrected chi connectivity index (χ2v) is 8.63. The highest BCUT2D eigenvalue weighted by Gasteiger charge is 2.30. The minimum atomic E-state index is -1.04. The number of aliphatic hydroxyl groups is 1. The van der Waals surface area contributed by atoms with Crippen LogP contribution in [0.4, 0.5) is 0 Å². The van der Waals surface area contributed by atoms with Crippen molar-refractivity contribution in [1.29, 1.82) is 5.26 Å². The van der Waals surface area contributed by atoms with Gasteiger partial charge in [-0.2, -0.15) is 5.26 Å². The normalized spacial score (nSPS) is 21.8. The molecule has 4 rings (SSSR count). The van der Waals surface area contributed by atoms with Crippen molar-refractivity contribution in [1.82, 2.24) is 15.2 Å². The Hall–Kier alpha value is -3.45. The van der Waals surface area contributed by atoms with E-state index in [1.807, 2.05) is 36.4 Å². The lowest BCUT2D eigenvalue weighted by Crippen LogP contribution is -2.46. The van der Waals surface area contributed by atoms with Gasteiger partial charge in [-0.3, -0.25) is 9.36 Å². The molecular weight excluding hydrogens is 424 g/mol. The first-order valence-corrected chi connectivity index (χ1v) is 10.7. The molecule has 0 bridgehead atoms. The van der Waals surface area contributed by atoms with Crippen molar-refractivity contribution in [3.63, 3.8) is 0 Å². The number of aromatic nitrogens is 1. The Kier molecular flexibility index (Phi) is 6.33. The Labute approximate surface area is 190 Å². The molecule has 1 aromatic heterocycles. The Morgan fingerprint density at radius 1 is 1.33 bits per heavy atom. The number of ether oxygens (including phenoxy) is 1. The minimum Gasteiger partial charge on any atom is -0.408 e. The first kappa shape index (κ1) is 22.7. The van der Waals surface area contributed by atoms with E-state index in [2.05, 4.69) is 16.7 Å². The lowest BCUT2D eigenvalue weighted by atomic mass is 10.0. The number of rotatable bonds is 5. The molecule has 3 atom stereocenters. The lowest BCUT2D eigenvalue weighted by molar-refractivity contribution is -0.135. The van der Waals surface area contributed by atoms with Gasteiger partial charge in [0.2, 0.25) is 0 Å². The van der Waals surface area contributed by atoms with Crippen LogP contribution < -0.4 is 16.4 Å². The predicted molar refractivity (Wildman–Crippen MR) is 121 cm³/mol. The van der Waals surface area contributed by atoms with Crippen LogP contribution in [0.5, 0.6) is 0 Å². The topological polar surface area (TPSA) is 130 Å². The molecule has 2 unspecified atom stereocenters. The van der Waals surface area contributed by atoms with E-state index in [1.165, 1.54) is 4.57 Å². The van der Waals surface area contributed by atoms with Crippen molar-refractivity contribution in [2.45, 2.75) is 31.1 Å². The number of hydrogen-bond donors (Lipinski definition) is 3. The first-order chi connectivity index (χ1) is 15.8. The maximum absolute atomic E-state index is 12.6. The van der Waals surface area contributed by atoms with Gasteiger partial charge in [0.05, 0.1) is 23.8 Å². The number of amides is 1. The number of carbonyl (C=O) groups is 1. The average Bonchev–Trinajstić information content (AvgIpc) is 2.95. The molecule has 3 N–H and O–H groups in total. The molecular formula is C24H26N4O5. The zero-order valence-electron chi connectivity index (χ0n) is 18.5. The van der Waals surface area contributed by atoms with Crippen molar-refractivity contribution in [2.24, 2.45) is 7.05 Å². The number of β-amino-alcohol motifs (C(OH)–C–C–N with tert-alkyl or cyclic N) is 1. The third-order valence-electron chi connectivity index (χ3n) is 5.71. The molecule has 3 aromatic rings. The third kappa shape index (κ3) is 5.14.